The van der Waals surface area contributed by atoms with Crippen LogP contribution in [-0.2, 0) is 0 Å². The molecule has 0 saturated heterocycles. The smallest absolute Gasteiger partial charge is 0.197 e. The number of thioether (sulfide) groups is 1. The third-order valence-electron chi connectivity index (χ3n) is 3.54. The van der Waals surface area contributed by atoms with E-state index in [1.54, 1.807) is 11.8 Å². The zero-order valence-electron chi connectivity index (χ0n) is 12.5. The molecular formula is C14H17ClN6S. The van der Waals surface area contributed by atoms with E-state index in [2.05, 4.69) is 32.2 Å². The van der Waals surface area contributed by atoms with E-state index >= 15 is 0 Å². The molecule has 0 bridgehead atoms. The first-order chi connectivity index (χ1) is 10.7. The van der Waals surface area contributed by atoms with Gasteiger partial charge in [-0.3, -0.25) is 4.99 Å². The Morgan fingerprint density at radius 3 is 3.00 bits per heavy atom. The summed E-state index contributed by atoms with van der Waals surface area (Å²) in [4.78, 5) is 8.30. The van der Waals surface area contributed by atoms with Crippen molar-refractivity contribution in [2.24, 2.45) is 4.99 Å². The van der Waals surface area contributed by atoms with Crippen molar-refractivity contribution in [1.82, 2.24) is 25.1 Å². The van der Waals surface area contributed by atoms with E-state index < -0.39 is 0 Å². The largest absolute Gasteiger partial charge is 0.341 e. The summed E-state index contributed by atoms with van der Waals surface area (Å²) in [5.41, 5.74) is 0.802. The van der Waals surface area contributed by atoms with Crippen LogP contribution in [0.4, 0.5) is 0 Å². The molecule has 6 nitrogen and oxygen atoms in total. The summed E-state index contributed by atoms with van der Waals surface area (Å²) in [6.45, 7) is 3.94. The molecule has 1 aliphatic rings. The fraction of sp³-hybridized carbons (Fsp3) is 0.429. The summed E-state index contributed by atoms with van der Waals surface area (Å²) in [7, 11) is 0. The Hall–Kier alpha value is -1.60. The molecule has 1 aromatic carbocycles. The number of hydrogen-bond donors (Lipinski definition) is 0. The lowest BCUT2D eigenvalue weighted by Gasteiger charge is -2.31. The lowest BCUT2D eigenvalue weighted by atomic mass is 10.2. The van der Waals surface area contributed by atoms with Gasteiger partial charge < -0.3 is 4.90 Å². The molecule has 0 amide bonds. The lowest BCUT2D eigenvalue weighted by molar-refractivity contribution is 0.315. The molecule has 8 heteroatoms. The second-order valence-electron chi connectivity index (χ2n) is 5.01. The number of benzene rings is 1. The normalized spacial score (nSPS) is 16.5. The third-order valence-corrected chi connectivity index (χ3v) is 4.51. The van der Waals surface area contributed by atoms with Crippen molar-refractivity contribution in [1.29, 1.82) is 0 Å². The molecule has 1 atom stereocenters. The zero-order valence-corrected chi connectivity index (χ0v) is 14.0. The van der Waals surface area contributed by atoms with Crippen molar-refractivity contribution in [3.63, 3.8) is 0 Å². The average molecular weight is 337 g/mol. The summed E-state index contributed by atoms with van der Waals surface area (Å²) < 4.78 is 0. The quantitative estimate of drug-likeness (QED) is 0.862. The average Bonchev–Trinajstić information content (AvgIpc) is 3.04. The van der Waals surface area contributed by atoms with Gasteiger partial charge in [-0.1, -0.05) is 29.4 Å². The Labute approximate surface area is 138 Å². The second-order valence-corrected chi connectivity index (χ2v) is 6.22. The number of nitrogens with zero attached hydrogens (tertiary/aromatic N) is 6. The highest BCUT2D eigenvalue weighted by Gasteiger charge is 2.25. The summed E-state index contributed by atoms with van der Waals surface area (Å²) in [6, 6.07) is 7.44. The number of rotatable bonds is 3. The monoisotopic (exact) mass is 336 g/mol. The second kappa shape index (κ2) is 6.66. The third kappa shape index (κ3) is 3.10. The van der Waals surface area contributed by atoms with Crippen LogP contribution in [0.15, 0.2) is 29.3 Å². The van der Waals surface area contributed by atoms with Crippen molar-refractivity contribution in [3.05, 3.63) is 35.1 Å². The van der Waals surface area contributed by atoms with Crippen LogP contribution in [0.25, 0.3) is 5.69 Å². The summed E-state index contributed by atoms with van der Waals surface area (Å²) >= 11 is 7.67. The first kappa shape index (κ1) is 15.3. The van der Waals surface area contributed by atoms with Crippen LogP contribution in [0.2, 0.25) is 5.02 Å². The molecule has 0 N–H and O–H groups in total. The van der Waals surface area contributed by atoms with Crippen LogP contribution in [0.3, 0.4) is 0 Å². The Morgan fingerprint density at radius 1 is 1.36 bits per heavy atom. The first-order valence-electron chi connectivity index (χ1n) is 7.10. The summed E-state index contributed by atoms with van der Waals surface area (Å²) in [6.07, 6.45) is 3.09. The van der Waals surface area contributed by atoms with Crippen LogP contribution >= 0.6 is 23.4 Å². The molecule has 0 aliphatic carbocycles. The number of hydrogen-bond acceptors (Lipinski definition) is 6. The standard InChI is InChI=1S/C14H17ClN6S/c1-10(20-8-4-7-16-14(20)22-2)13-17-19-21(18-13)12-6-3-5-11(15)9-12/h3,5-6,9-10H,4,7-8H2,1-2H3/t10-/m1/s1. The van der Waals surface area contributed by atoms with E-state index in [1.807, 2.05) is 30.5 Å². The van der Waals surface area contributed by atoms with Crippen LogP contribution in [0.5, 0.6) is 0 Å². The van der Waals surface area contributed by atoms with Gasteiger partial charge in [-0.15, -0.1) is 15.0 Å². The molecule has 1 aliphatic heterocycles. The van der Waals surface area contributed by atoms with Gasteiger partial charge in [0.1, 0.15) is 0 Å². The molecular weight excluding hydrogens is 320 g/mol. The fourth-order valence-corrected chi connectivity index (χ4v) is 3.27. The number of aromatic nitrogens is 4. The molecule has 2 heterocycles. The maximum Gasteiger partial charge on any atom is 0.197 e. The number of amidine groups is 1. The SMILES string of the molecule is CSC1=NCCCN1[C@H](C)c1nnn(-c2cccc(Cl)c2)n1. The van der Waals surface area contributed by atoms with Gasteiger partial charge in [0.2, 0.25) is 0 Å². The van der Waals surface area contributed by atoms with E-state index in [0.29, 0.717) is 10.8 Å². The van der Waals surface area contributed by atoms with Gasteiger partial charge in [0.25, 0.3) is 0 Å². The highest BCUT2D eigenvalue weighted by atomic mass is 35.5. The van der Waals surface area contributed by atoms with Crippen molar-refractivity contribution in [2.75, 3.05) is 19.3 Å². The molecule has 22 heavy (non-hydrogen) atoms. The summed E-state index contributed by atoms with van der Waals surface area (Å²) in [5, 5.41) is 14.5. The predicted molar refractivity (Wildman–Crippen MR) is 89.7 cm³/mol. The van der Waals surface area contributed by atoms with Crippen molar-refractivity contribution in [3.8, 4) is 5.69 Å². The Balaban J connectivity index is 1.84. The van der Waals surface area contributed by atoms with E-state index in [9.17, 15) is 0 Å². The molecule has 0 radical (unpaired) electrons. The van der Waals surface area contributed by atoms with Gasteiger partial charge in [-0.25, -0.2) is 0 Å². The molecule has 0 saturated carbocycles. The molecule has 0 unspecified atom stereocenters. The van der Waals surface area contributed by atoms with E-state index in [4.69, 9.17) is 11.6 Å². The van der Waals surface area contributed by atoms with E-state index in [0.717, 1.165) is 30.4 Å². The number of halogens is 1. The number of tetrazole rings is 1. The maximum absolute atomic E-state index is 6.01. The first-order valence-corrected chi connectivity index (χ1v) is 8.70. The van der Waals surface area contributed by atoms with Crippen LogP contribution in [-0.4, -0.2) is 49.6 Å². The van der Waals surface area contributed by atoms with Crippen molar-refractivity contribution in [2.45, 2.75) is 19.4 Å². The maximum atomic E-state index is 6.01. The molecule has 3 rings (SSSR count). The van der Waals surface area contributed by atoms with Gasteiger partial charge in [-0.2, -0.15) is 0 Å². The van der Waals surface area contributed by atoms with Gasteiger partial charge in [0, 0.05) is 18.1 Å². The summed E-state index contributed by atoms with van der Waals surface area (Å²) in [5.74, 6) is 0.684. The van der Waals surface area contributed by atoms with E-state index in [1.165, 1.54) is 4.80 Å². The molecule has 0 fully saturated rings. The Morgan fingerprint density at radius 2 is 2.23 bits per heavy atom. The molecule has 2 aromatic rings. The van der Waals surface area contributed by atoms with Crippen LogP contribution < -0.4 is 0 Å². The molecule has 0 spiro atoms. The Bertz CT molecular complexity index is 685. The Kier molecular flexibility index (Phi) is 4.63. The highest BCUT2D eigenvalue weighted by Crippen LogP contribution is 2.23. The van der Waals surface area contributed by atoms with E-state index in [-0.39, 0.29) is 6.04 Å². The highest BCUT2D eigenvalue weighted by molar-refractivity contribution is 8.13. The van der Waals surface area contributed by atoms with Gasteiger partial charge in [0.15, 0.2) is 11.0 Å². The predicted octanol–water partition coefficient (Wildman–Crippen LogP) is 2.80. The van der Waals surface area contributed by atoms with Gasteiger partial charge in [-0.05, 0) is 43.0 Å². The topological polar surface area (TPSA) is 59.2 Å². The minimum Gasteiger partial charge on any atom is -0.341 e. The van der Waals surface area contributed by atoms with Crippen LogP contribution in [0.1, 0.15) is 25.2 Å². The van der Waals surface area contributed by atoms with Crippen molar-refractivity contribution < 1.29 is 0 Å². The van der Waals surface area contributed by atoms with Crippen LogP contribution in [0, 0.1) is 0 Å². The van der Waals surface area contributed by atoms with Gasteiger partial charge >= 0.3 is 0 Å². The zero-order chi connectivity index (χ0) is 15.5. The van der Waals surface area contributed by atoms with Gasteiger partial charge in [0.05, 0.1) is 11.7 Å². The molecule has 1 aromatic heterocycles. The minimum atomic E-state index is 0.0411. The fourth-order valence-electron chi connectivity index (χ4n) is 2.38. The molecule has 116 valence electrons. The van der Waals surface area contributed by atoms with Crippen molar-refractivity contribution >= 4 is 28.5 Å². The lowest BCUT2D eigenvalue weighted by Crippen LogP contribution is -2.36. The number of aliphatic imine (C=N–C) groups is 1. The minimum absolute atomic E-state index is 0.0411.